The van der Waals surface area contributed by atoms with Gasteiger partial charge in [0.25, 0.3) is 0 Å². The molecule has 0 bridgehead atoms. The minimum Gasteiger partial charge on any atom is -0.330 e. The first-order valence-corrected chi connectivity index (χ1v) is 4.55. The lowest BCUT2D eigenvalue weighted by atomic mass is 10.5. The molecule has 0 heterocycles. The molecule has 0 saturated heterocycles. The zero-order valence-corrected chi connectivity index (χ0v) is 6.62. The lowest BCUT2D eigenvalue weighted by molar-refractivity contribution is 0.925. The maximum absolute atomic E-state index is 5.31. The molecule has 0 aromatic heterocycles. The van der Waals surface area contributed by atoms with Crippen molar-refractivity contribution >= 4 is 11.8 Å². The number of rotatable bonds is 6. The van der Waals surface area contributed by atoms with Gasteiger partial charge in [-0.15, -0.1) is 0 Å². The summed E-state index contributed by atoms with van der Waals surface area (Å²) in [4.78, 5) is 0. The van der Waals surface area contributed by atoms with E-state index in [-0.39, 0.29) is 0 Å². The summed E-state index contributed by atoms with van der Waals surface area (Å²) in [7, 11) is 0. The lowest BCUT2D eigenvalue weighted by Crippen LogP contribution is -2.02. The predicted molar refractivity (Wildman–Crippen MR) is 44.7 cm³/mol. The summed E-state index contributed by atoms with van der Waals surface area (Å²) in [5, 5.41) is 0. The smallest absolute Gasteiger partial charge is 0.00555 e. The minimum absolute atomic E-state index is 0.815. The fourth-order valence-electron chi connectivity index (χ4n) is 0.473. The molecule has 0 aliphatic heterocycles. The third-order valence-electron chi connectivity index (χ3n) is 0.986. The van der Waals surface area contributed by atoms with Gasteiger partial charge in [-0.05, 0) is 37.4 Å². The quantitative estimate of drug-likeness (QED) is 0.537. The Balaban J connectivity index is 2.60. The van der Waals surface area contributed by atoms with Gasteiger partial charge >= 0.3 is 0 Å². The fourth-order valence-corrected chi connectivity index (χ4v) is 1.42. The minimum atomic E-state index is 0.815. The Morgan fingerprint density at radius 1 is 0.889 bits per heavy atom. The van der Waals surface area contributed by atoms with Crippen molar-refractivity contribution in [2.24, 2.45) is 11.5 Å². The molecule has 0 fully saturated rings. The monoisotopic (exact) mass is 148 g/mol. The highest BCUT2D eigenvalue weighted by Crippen LogP contribution is 2.02. The molecular weight excluding hydrogens is 132 g/mol. The summed E-state index contributed by atoms with van der Waals surface area (Å²) >= 11 is 1.94. The van der Waals surface area contributed by atoms with E-state index < -0.39 is 0 Å². The highest BCUT2D eigenvalue weighted by Gasteiger charge is 1.85. The molecule has 9 heavy (non-hydrogen) atoms. The molecule has 0 amide bonds. The molecule has 0 aromatic carbocycles. The van der Waals surface area contributed by atoms with Crippen LogP contribution in [0.15, 0.2) is 0 Å². The van der Waals surface area contributed by atoms with Crippen LogP contribution in [-0.2, 0) is 0 Å². The van der Waals surface area contributed by atoms with Crippen LogP contribution in [0.4, 0.5) is 0 Å². The maximum atomic E-state index is 5.31. The maximum Gasteiger partial charge on any atom is -0.00555 e. The highest BCUT2D eigenvalue weighted by molar-refractivity contribution is 7.99. The number of hydrogen-bond donors (Lipinski definition) is 2. The summed E-state index contributed by atoms with van der Waals surface area (Å²) in [5.74, 6) is 2.38. The van der Waals surface area contributed by atoms with E-state index in [0.29, 0.717) is 0 Å². The number of nitrogens with two attached hydrogens (primary N) is 2. The predicted octanol–water partition coefficient (Wildman–Crippen LogP) is 0.417. The van der Waals surface area contributed by atoms with E-state index in [9.17, 15) is 0 Å². The van der Waals surface area contributed by atoms with Crippen molar-refractivity contribution in [3.63, 3.8) is 0 Å². The molecule has 0 radical (unpaired) electrons. The summed E-state index contributed by atoms with van der Waals surface area (Å²) < 4.78 is 0. The molecular formula is C6H16N2S. The van der Waals surface area contributed by atoms with Gasteiger partial charge < -0.3 is 11.5 Å². The molecule has 0 saturated carbocycles. The fraction of sp³-hybridized carbons (Fsp3) is 1.00. The van der Waals surface area contributed by atoms with Gasteiger partial charge in [0.1, 0.15) is 0 Å². The first kappa shape index (κ1) is 9.27. The van der Waals surface area contributed by atoms with Crippen molar-refractivity contribution in [1.82, 2.24) is 0 Å². The molecule has 2 nitrogen and oxygen atoms in total. The Morgan fingerprint density at radius 3 is 1.67 bits per heavy atom. The Bertz CT molecular complexity index is 44.3. The van der Waals surface area contributed by atoms with Crippen LogP contribution in [0.1, 0.15) is 12.8 Å². The van der Waals surface area contributed by atoms with Crippen LogP contribution >= 0.6 is 11.8 Å². The van der Waals surface area contributed by atoms with Crippen molar-refractivity contribution in [3.05, 3.63) is 0 Å². The Kier molecular flexibility index (Phi) is 8.52. The zero-order valence-electron chi connectivity index (χ0n) is 5.81. The molecule has 0 aliphatic carbocycles. The van der Waals surface area contributed by atoms with Crippen LogP contribution in [0.25, 0.3) is 0 Å². The van der Waals surface area contributed by atoms with Crippen LogP contribution in [0.5, 0.6) is 0 Å². The lowest BCUT2D eigenvalue weighted by Gasteiger charge is -1.96. The van der Waals surface area contributed by atoms with E-state index in [1.165, 1.54) is 11.5 Å². The second-order valence-corrected chi connectivity index (χ2v) is 3.12. The summed E-state index contributed by atoms with van der Waals surface area (Å²) in [6.07, 6.45) is 2.27. The third kappa shape index (κ3) is 8.27. The Morgan fingerprint density at radius 2 is 1.33 bits per heavy atom. The number of thioether (sulfide) groups is 1. The van der Waals surface area contributed by atoms with Gasteiger partial charge in [0.05, 0.1) is 0 Å². The molecule has 3 heteroatoms. The van der Waals surface area contributed by atoms with E-state index in [1.807, 2.05) is 11.8 Å². The van der Waals surface area contributed by atoms with Crippen LogP contribution in [0, 0.1) is 0 Å². The van der Waals surface area contributed by atoms with Crippen LogP contribution < -0.4 is 11.5 Å². The molecule has 0 aliphatic rings. The molecule has 0 unspecified atom stereocenters. The van der Waals surface area contributed by atoms with Crippen molar-refractivity contribution in [1.29, 1.82) is 0 Å². The highest BCUT2D eigenvalue weighted by atomic mass is 32.2. The standard InChI is InChI=1S/C6H16N2S/c7-3-1-5-9-6-2-4-8/h1-8H2. The SMILES string of the molecule is NCCCSCCCN. The van der Waals surface area contributed by atoms with Crippen molar-refractivity contribution in [2.75, 3.05) is 24.6 Å². The largest absolute Gasteiger partial charge is 0.330 e. The van der Waals surface area contributed by atoms with Gasteiger partial charge in [0.2, 0.25) is 0 Å². The normalized spacial score (nSPS) is 10.0. The number of hydrogen-bond acceptors (Lipinski definition) is 3. The summed E-state index contributed by atoms with van der Waals surface area (Å²) in [5.41, 5.74) is 10.6. The molecule has 0 atom stereocenters. The average molecular weight is 148 g/mol. The summed E-state index contributed by atoms with van der Waals surface area (Å²) in [6, 6.07) is 0. The van der Waals surface area contributed by atoms with Crippen LogP contribution in [0.2, 0.25) is 0 Å². The average Bonchev–Trinajstić information content (AvgIpc) is 1.89. The second-order valence-electron chi connectivity index (χ2n) is 1.90. The van der Waals surface area contributed by atoms with Gasteiger partial charge in [-0.2, -0.15) is 11.8 Å². The molecule has 0 aromatic rings. The summed E-state index contributed by atoms with van der Waals surface area (Å²) in [6.45, 7) is 1.63. The Labute approximate surface area is 61.4 Å². The first-order valence-electron chi connectivity index (χ1n) is 3.39. The molecule has 4 N–H and O–H groups in total. The van der Waals surface area contributed by atoms with Gasteiger partial charge in [0.15, 0.2) is 0 Å². The zero-order chi connectivity index (χ0) is 6.95. The van der Waals surface area contributed by atoms with Gasteiger partial charge in [-0.25, -0.2) is 0 Å². The van der Waals surface area contributed by atoms with E-state index in [1.54, 1.807) is 0 Å². The van der Waals surface area contributed by atoms with Crippen molar-refractivity contribution < 1.29 is 0 Å². The topological polar surface area (TPSA) is 52.0 Å². The Hall–Kier alpha value is 0.270. The van der Waals surface area contributed by atoms with Gasteiger partial charge in [-0.3, -0.25) is 0 Å². The van der Waals surface area contributed by atoms with Crippen LogP contribution in [0.3, 0.4) is 0 Å². The van der Waals surface area contributed by atoms with Gasteiger partial charge in [-0.1, -0.05) is 0 Å². The van der Waals surface area contributed by atoms with Gasteiger partial charge in [0, 0.05) is 0 Å². The third-order valence-corrected chi connectivity index (χ3v) is 2.14. The van der Waals surface area contributed by atoms with Crippen molar-refractivity contribution in [3.8, 4) is 0 Å². The van der Waals surface area contributed by atoms with E-state index in [0.717, 1.165) is 25.9 Å². The van der Waals surface area contributed by atoms with E-state index in [4.69, 9.17) is 11.5 Å². The molecule has 0 rings (SSSR count). The molecule has 0 spiro atoms. The van der Waals surface area contributed by atoms with Crippen molar-refractivity contribution in [2.45, 2.75) is 12.8 Å². The second kappa shape index (κ2) is 8.27. The van der Waals surface area contributed by atoms with E-state index >= 15 is 0 Å². The van der Waals surface area contributed by atoms with E-state index in [2.05, 4.69) is 0 Å². The first-order chi connectivity index (χ1) is 4.41. The molecule has 56 valence electrons. The van der Waals surface area contributed by atoms with Crippen LogP contribution in [-0.4, -0.2) is 24.6 Å².